The van der Waals surface area contributed by atoms with Gasteiger partial charge in [-0.1, -0.05) is 18.2 Å². The van der Waals surface area contributed by atoms with E-state index in [1.165, 1.54) is 5.57 Å². The number of nitrogens with one attached hydrogen (secondary N) is 1. The molecule has 0 aliphatic carbocycles. The summed E-state index contributed by atoms with van der Waals surface area (Å²) in [5, 5.41) is 3.32. The van der Waals surface area contributed by atoms with E-state index in [4.69, 9.17) is 0 Å². The van der Waals surface area contributed by atoms with Crippen LogP contribution in [0.5, 0.6) is 0 Å². The molecule has 2 heterocycles. The van der Waals surface area contributed by atoms with Gasteiger partial charge in [0.25, 0.3) is 0 Å². The van der Waals surface area contributed by atoms with Gasteiger partial charge in [0.05, 0.1) is 6.04 Å². The van der Waals surface area contributed by atoms with Crippen molar-refractivity contribution in [3.63, 3.8) is 0 Å². The van der Waals surface area contributed by atoms with Crippen molar-refractivity contribution in [1.29, 1.82) is 0 Å². The van der Waals surface area contributed by atoms with Gasteiger partial charge in [-0.2, -0.15) is 0 Å². The average molecular weight is 162 g/mol. The Bertz CT molecular complexity index is 251. The van der Waals surface area contributed by atoms with Crippen LogP contribution in [-0.2, 0) is 0 Å². The summed E-state index contributed by atoms with van der Waals surface area (Å²) >= 11 is 0. The third-order valence-electron chi connectivity index (χ3n) is 2.30. The molecule has 2 aliphatic rings. The Morgan fingerprint density at radius 2 is 2.42 bits per heavy atom. The molecular weight excluding hydrogens is 148 g/mol. The van der Waals surface area contributed by atoms with Crippen molar-refractivity contribution in [2.45, 2.75) is 6.04 Å². The number of likely N-dealkylation sites (N-methyl/N-ethyl adjacent to an activating group) is 1. The maximum absolute atomic E-state index is 3.32. The number of hydrogen-bond donors (Lipinski definition) is 1. The maximum Gasteiger partial charge on any atom is 0.0668 e. The average Bonchev–Trinajstić information content (AvgIpc) is 2.54. The second-order valence-corrected chi connectivity index (χ2v) is 3.36. The van der Waals surface area contributed by atoms with Crippen LogP contribution in [0.3, 0.4) is 0 Å². The molecule has 2 heteroatoms. The molecule has 0 aromatic heterocycles. The first kappa shape index (κ1) is 7.62. The van der Waals surface area contributed by atoms with E-state index >= 15 is 0 Å². The van der Waals surface area contributed by atoms with Gasteiger partial charge in [0.1, 0.15) is 0 Å². The minimum Gasteiger partial charge on any atom is -0.381 e. The van der Waals surface area contributed by atoms with Crippen LogP contribution >= 0.6 is 0 Å². The van der Waals surface area contributed by atoms with Crippen LogP contribution in [-0.4, -0.2) is 31.1 Å². The molecule has 64 valence electrons. The summed E-state index contributed by atoms with van der Waals surface area (Å²) in [6.45, 7) is 2.18. The second-order valence-electron chi connectivity index (χ2n) is 3.36. The molecule has 0 saturated heterocycles. The Labute approximate surface area is 73.3 Å². The summed E-state index contributed by atoms with van der Waals surface area (Å²) in [7, 11) is 2.14. The highest BCUT2D eigenvalue weighted by atomic mass is 15.1. The highest BCUT2D eigenvalue weighted by molar-refractivity contribution is 5.28. The molecule has 0 amide bonds. The molecule has 12 heavy (non-hydrogen) atoms. The third-order valence-corrected chi connectivity index (χ3v) is 2.30. The fourth-order valence-electron chi connectivity index (χ4n) is 1.62. The summed E-state index contributed by atoms with van der Waals surface area (Å²) in [6.07, 6.45) is 10.6. The Morgan fingerprint density at radius 3 is 3.00 bits per heavy atom. The van der Waals surface area contributed by atoms with E-state index in [2.05, 4.69) is 35.5 Å². The minimum absolute atomic E-state index is 0.431. The summed E-state index contributed by atoms with van der Waals surface area (Å²) in [6, 6.07) is 0.431. The molecular formula is C10H14N2. The Hall–Kier alpha value is -1.02. The van der Waals surface area contributed by atoms with Gasteiger partial charge in [-0.15, -0.1) is 0 Å². The highest BCUT2D eigenvalue weighted by Crippen LogP contribution is 2.13. The predicted octanol–water partition coefficient (Wildman–Crippen LogP) is 0.900. The maximum atomic E-state index is 3.32. The zero-order valence-corrected chi connectivity index (χ0v) is 7.33. The van der Waals surface area contributed by atoms with Crippen LogP contribution in [0.1, 0.15) is 0 Å². The lowest BCUT2D eigenvalue weighted by atomic mass is 10.1. The molecule has 0 aromatic carbocycles. The largest absolute Gasteiger partial charge is 0.381 e. The lowest BCUT2D eigenvalue weighted by Crippen LogP contribution is -2.28. The van der Waals surface area contributed by atoms with Gasteiger partial charge in [-0.05, 0) is 24.9 Å². The quantitative estimate of drug-likeness (QED) is 0.576. The Morgan fingerprint density at radius 1 is 1.50 bits per heavy atom. The van der Waals surface area contributed by atoms with Gasteiger partial charge in [0, 0.05) is 13.1 Å². The lowest BCUT2D eigenvalue weighted by molar-refractivity contribution is 0.424. The van der Waals surface area contributed by atoms with E-state index in [-0.39, 0.29) is 0 Å². The Kier molecular flexibility index (Phi) is 2.00. The summed E-state index contributed by atoms with van der Waals surface area (Å²) in [4.78, 5) is 2.31. The summed E-state index contributed by atoms with van der Waals surface area (Å²) < 4.78 is 0. The molecule has 0 spiro atoms. The van der Waals surface area contributed by atoms with E-state index < -0.39 is 0 Å². The SMILES string of the molecule is CN1CC=C(C2C=CC=CN2)C1. The number of allylic oxidation sites excluding steroid dienone is 2. The molecule has 2 rings (SSSR count). The van der Waals surface area contributed by atoms with Crippen LogP contribution < -0.4 is 5.32 Å². The van der Waals surface area contributed by atoms with Gasteiger partial charge >= 0.3 is 0 Å². The fourth-order valence-corrected chi connectivity index (χ4v) is 1.62. The summed E-state index contributed by atoms with van der Waals surface area (Å²) in [5.41, 5.74) is 1.48. The van der Waals surface area contributed by atoms with Crippen molar-refractivity contribution in [1.82, 2.24) is 10.2 Å². The predicted molar refractivity (Wildman–Crippen MR) is 50.8 cm³/mol. The van der Waals surface area contributed by atoms with Crippen molar-refractivity contribution in [2.75, 3.05) is 20.1 Å². The van der Waals surface area contributed by atoms with Gasteiger partial charge < -0.3 is 5.32 Å². The molecule has 1 N–H and O–H groups in total. The van der Waals surface area contributed by atoms with Crippen molar-refractivity contribution < 1.29 is 0 Å². The Balaban J connectivity index is 2.02. The number of dihydropyridines is 1. The normalized spacial score (nSPS) is 28.8. The van der Waals surface area contributed by atoms with E-state index in [0.717, 1.165) is 13.1 Å². The first-order valence-corrected chi connectivity index (χ1v) is 4.33. The first-order valence-electron chi connectivity index (χ1n) is 4.33. The molecule has 0 fully saturated rings. The van der Waals surface area contributed by atoms with Crippen molar-refractivity contribution in [2.24, 2.45) is 0 Å². The van der Waals surface area contributed by atoms with Gasteiger partial charge in [0.15, 0.2) is 0 Å². The number of hydrogen-bond acceptors (Lipinski definition) is 2. The first-order chi connectivity index (χ1) is 5.86. The summed E-state index contributed by atoms with van der Waals surface area (Å²) in [5.74, 6) is 0. The lowest BCUT2D eigenvalue weighted by Gasteiger charge is -2.18. The van der Waals surface area contributed by atoms with E-state index in [1.807, 2.05) is 12.3 Å². The second kappa shape index (κ2) is 3.15. The van der Waals surface area contributed by atoms with Crippen molar-refractivity contribution in [3.8, 4) is 0 Å². The standard InChI is InChI=1S/C10H14N2/c1-12-7-5-9(8-12)10-4-2-3-6-11-10/h2-6,10-11H,7-8H2,1H3. The van der Waals surface area contributed by atoms with Gasteiger partial charge in [0.2, 0.25) is 0 Å². The molecule has 1 unspecified atom stereocenters. The van der Waals surface area contributed by atoms with Crippen LogP contribution in [0.4, 0.5) is 0 Å². The zero-order chi connectivity index (χ0) is 8.39. The molecule has 1 atom stereocenters. The topological polar surface area (TPSA) is 15.3 Å². The van der Waals surface area contributed by atoms with E-state index in [9.17, 15) is 0 Å². The third kappa shape index (κ3) is 1.43. The fraction of sp³-hybridized carbons (Fsp3) is 0.400. The zero-order valence-electron chi connectivity index (χ0n) is 7.33. The number of rotatable bonds is 1. The monoisotopic (exact) mass is 162 g/mol. The van der Waals surface area contributed by atoms with Gasteiger partial charge in [-0.3, -0.25) is 4.90 Å². The van der Waals surface area contributed by atoms with Crippen molar-refractivity contribution in [3.05, 3.63) is 36.1 Å². The molecule has 0 aromatic rings. The minimum atomic E-state index is 0.431. The van der Waals surface area contributed by atoms with Crippen molar-refractivity contribution >= 4 is 0 Å². The highest BCUT2D eigenvalue weighted by Gasteiger charge is 2.16. The van der Waals surface area contributed by atoms with Gasteiger partial charge in [-0.25, -0.2) is 0 Å². The van der Waals surface area contributed by atoms with E-state index in [0.29, 0.717) is 6.04 Å². The van der Waals surface area contributed by atoms with Crippen LogP contribution in [0.15, 0.2) is 36.1 Å². The molecule has 0 saturated carbocycles. The molecule has 2 nitrogen and oxygen atoms in total. The van der Waals surface area contributed by atoms with Crippen LogP contribution in [0.25, 0.3) is 0 Å². The molecule has 2 aliphatic heterocycles. The molecule has 0 bridgehead atoms. The smallest absolute Gasteiger partial charge is 0.0668 e. The van der Waals surface area contributed by atoms with Crippen LogP contribution in [0.2, 0.25) is 0 Å². The molecule has 0 radical (unpaired) electrons. The number of nitrogens with zero attached hydrogens (tertiary/aromatic N) is 1. The van der Waals surface area contributed by atoms with E-state index in [1.54, 1.807) is 0 Å². The van der Waals surface area contributed by atoms with Crippen LogP contribution in [0, 0.1) is 0 Å².